The van der Waals surface area contributed by atoms with Gasteiger partial charge in [0.15, 0.2) is 0 Å². The van der Waals surface area contributed by atoms with E-state index in [9.17, 15) is 4.79 Å². The van der Waals surface area contributed by atoms with Gasteiger partial charge in [0.25, 0.3) is 0 Å². The number of hydrogen-bond acceptors (Lipinski definition) is 2. The SMILES string of the molecule is CCCC(C(=O)Nc1cc(C)ccc1OC)c1ccccc1. The summed E-state index contributed by atoms with van der Waals surface area (Å²) in [4.78, 5) is 12.7. The number of benzene rings is 2. The number of hydrogen-bond donors (Lipinski definition) is 1. The third-order valence-electron chi connectivity index (χ3n) is 3.71. The second-order valence-corrected chi connectivity index (χ2v) is 5.44. The average Bonchev–Trinajstić information content (AvgIpc) is 2.53. The third kappa shape index (κ3) is 3.88. The minimum Gasteiger partial charge on any atom is -0.495 e. The van der Waals surface area contributed by atoms with E-state index in [0.717, 1.165) is 29.7 Å². The Hall–Kier alpha value is -2.29. The van der Waals surface area contributed by atoms with E-state index < -0.39 is 0 Å². The Kier molecular flexibility index (Phi) is 5.59. The molecule has 0 saturated heterocycles. The lowest BCUT2D eigenvalue weighted by molar-refractivity contribution is -0.117. The van der Waals surface area contributed by atoms with E-state index in [0.29, 0.717) is 5.75 Å². The minimum atomic E-state index is -0.142. The summed E-state index contributed by atoms with van der Waals surface area (Å²) in [7, 11) is 1.61. The largest absolute Gasteiger partial charge is 0.495 e. The van der Waals surface area contributed by atoms with Crippen molar-refractivity contribution in [1.82, 2.24) is 0 Å². The van der Waals surface area contributed by atoms with Gasteiger partial charge in [0.1, 0.15) is 5.75 Å². The summed E-state index contributed by atoms with van der Waals surface area (Å²) in [5, 5.41) is 3.02. The zero-order valence-electron chi connectivity index (χ0n) is 13.4. The molecule has 1 N–H and O–H groups in total. The molecule has 1 amide bonds. The first-order chi connectivity index (χ1) is 10.7. The quantitative estimate of drug-likeness (QED) is 0.851. The van der Waals surface area contributed by atoms with E-state index >= 15 is 0 Å². The number of rotatable bonds is 6. The van der Waals surface area contributed by atoms with Gasteiger partial charge in [0.2, 0.25) is 5.91 Å². The molecule has 0 heterocycles. The molecule has 0 spiro atoms. The fourth-order valence-corrected chi connectivity index (χ4v) is 2.56. The molecule has 0 aliphatic heterocycles. The molecule has 0 bridgehead atoms. The molecule has 1 unspecified atom stereocenters. The molecule has 0 aliphatic carbocycles. The maximum absolute atomic E-state index is 12.7. The van der Waals surface area contributed by atoms with Crippen LogP contribution in [0.4, 0.5) is 5.69 Å². The Labute approximate surface area is 132 Å². The van der Waals surface area contributed by atoms with Crippen LogP contribution in [0.1, 0.15) is 36.8 Å². The van der Waals surface area contributed by atoms with Crippen LogP contribution in [0.2, 0.25) is 0 Å². The first-order valence-corrected chi connectivity index (χ1v) is 7.66. The monoisotopic (exact) mass is 297 g/mol. The summed E-state index contributed by atoms with van der Waals surface area (Å²) in [5.41, 5.74) is 2.86. The van der Waals surface area contributed by atoms with Crippen molar-refractivity contribution >= 4 is 11.6 Å². The Balaban J connectivity index is 2.24. The smallest absolute Gasteiger partial charge is 0.232 e. The topological polar surface area (TPSA) is 38.3 Å². The van der Waals surface area contributed by atoms with Crippen molar-refractivity contribution in [3.63, 3.8) is 0 Å². The van der Waals surface area contributed by atoms with Crippen LogP contribution in [-0.4, -0.2) is 13.0 Å². The van der Waals surface area contributed by atoms with Gasteiger partial charge in [-0.1, -0.05) is 49.7 Å². The van der Waals surface area contributed by atoms with E-state index in [1.807, 2.05) is 55.5 Å². The predicted molar refractivity (Wildman–Crippen MR) is 90.5 cm³/mol. The number of aryl methyl sites for hydroxylation is 1. The van der Waals surface area contributed by atoms with Crippen LogP contribution in [0.3, 0.4) is 0 Å². The number of ether oxygens (including phenoxy) is 1. The molecular formula is C19H23NO2. The zero-order chi connectivity index (χ0) is 15.9. The Morgan fingerprint density at radius 1 is 1.18 bits per heavy atom. The highest BCUT2D eigenvalue weighted by atomic mass is 16.5. The number of carbonyl (C=O) groups is 1. The first-order valence-electron chi connectivity index (χ1n) is 7.66. The summed E-state index contributed by atoms with van der Waals surface area (Å²) >= 11 is 0. The van der Waals surface area contributed by atoms with E-state index in [4.69, 9.17) is 4.74 Å². The van der Waals surface area contributed by atoms with E-state index in [1.54, 1.807) is 7.11 Å². The standard InChI is InChI=1S/C19H23NO2/c1-4-8-16(15-9-6-5-7-10-15)19(21)20-17-13-14(2)11-12-18(17)22-3/h5-7,9-13,16H,4,8H2,1-3H3,(H,20,21). The van der Waals surface area contributed by atoms with E-state index in [2.05, 4.69) is 12.2 Å². The Morgan fingerprint density at radius 3 is 2.55 bits per heavy atom. The third-order valence-corrected chi connectivity index (χ3v) is 3.71. The summed E-state index contributed by atoms with van der Waals surface area (Å²) in [6, 6.07) is 15.7. The van der Waals surface area contributed by atoms with Crippen molar-refractivity contribution in [1.29, 1.82) is 0 Å². The number of anilines is 1. The second kappa shape index (κ2) is 7.64. The van der Waals surface area contributed by atoms with E-state index in [1.165, 1.54) is 0 Å². The van der Waals surface area contributed by atoms with Crippen molar-refractivity contribution < 1.29 is 9.53 Å². The van der Waals surface area contributed by atoms with Gasteiger partial charge in [-0.3, -0.25) is 4.79 Å². The first kappa shape index (κ1) is 16.1. The molecule has 2 rings (SSSR count). The van der Waals surface area contributed by atoms with Gasteiger partial charge in [-0.2, -0.15) is 0 Å². The van der Waals surface area contributed by atoms with Crippen molar-refractivity contribution in [3.05, 3.63) is 59.7 Å². The highest BCUT2D eigenvalue weighted by Crippen LogP contribution is 2.28. The van der Waals surface area contributed by atoms with Gasteiger partial charge in [0, 0.05) is 0 Å². The molecule has 116 valence electrons. The van der Waals surface area contributed by atoms with Crippen molar-refractivity contribution in [2.75, 3.05) is 12.4 Å². The van der Waals surface area contributed by atoms with Crippen LogP contribution in [0, 0.1) is 6.92 Å². The molecule has 22 heavy (non-hydrogen) atoms. The van der Waals surface area contributed by atoms with Crippen molar-refractivity contribution in [2.45, 2.75) is 32.6 Å². The van der Waals surface area contributed by atoms with Crippen LogP contribution < -0.4 is 10.1 Å². The maximum atomic E-state index is 12.7. The number of amides is 1. The van der Waals surface area contributed by atoms with Gasteiger partial charge in [-0.05, 0) is 36.6 Å². The number of methoxy groups -OCH3 is 1. The number of nitrogens with one attached hydrogen (secondary N) is 1. The molecule has 0 radical (unpaired) electrons. The summed E-state index contributed by atoms with van der Waals surface area (Å²) in [6.07, 6.45) is 1.78. The van der Waals surface area contributed by atoms with Crippen molar-refractivity contribution in [2.24, 2.45) is 0 Å². The Morgan fingerprint density at radius 2 is 1.91 bits per heavy atom. The fourth-order valence-electron chi connectivity index (χ4n) is 2.56. The van der Waals surface area contributed by atoms with Crippen LogP contribution in [0.15, 0.2) is 48.5 Å². The van der Waals surface area contributed by atoms with Crippen LogP contribution >= 0.6 is 0 Å². The second-order valence-electron chi connectivity index (χ2n) is 5.44. The summed E-state index contributed by atoms with van der Waals surface area (Å²) in [5.74, 6) is 0.552. The average molecular weight is 297 g/mol. The molecule has 2 aromatic carbocycles. The van der Waals surface area contributed by atoms with Crippen LogP contribution in [0.5, 0.6) is 5.75 Å². The molecule has 3 nitrogen and oxygen atoms in total. The van der Waals surface area contributed by atoms with Gasteiger partial charge in [-0.15, -0.1) is 0 Å². The Bertz CT molecular complexity index is 623. The lowest BCUT2D eigenvalue weighted by atomic mass is 9.93. The minimum absolute atomic E-state index is 0.0111. The lowest BCUT2D eigenvalue weighted by Crippen LogP contribution is -2.21. The predicted octanol–water partition coefficient (Wildman–Crippen LogP) is 4.53. The van der Waals surface area contributed by atoms with Gasteiger partial charge in [0.05, 0.1) is 18.7 Å². The molecule has 2 aromatic rings. The molecule has 0 aromatic heterocycles. The summed E-state index contributed by atoms with van der Waals surface area (Å²) in [6.45, 7) is 4.09. The highest BCUT2D eigenvalue weighted by Gasteiger charge is 2.20. The molecule has 3 heteroatoms. The van der Waals surface area contributed by atoms with Crippen LogP contribution in [-0.2, 0) is 4.79 Å². The zero-order valence-corrected chi connectivity index (χ0v) is 13.4. The van der Waals surface area contributed by atoms with Gasteiger partial charge >= 0.3 is 0 Å². The molecular weight excluding hydrogens is 274 g/mol. The van der Waals surface area contributed by atoms with E-state index in [-0.39, 0.29) is 11.8 Å². The summed E-state index contributed by atoms with van der Waals surface area (Å²) < 4.78 is 5.33. The van der Waals surface area contributed by atoms with Gasteiger partial charge in [-0.25, -0.2) is 0 Å². The maximum Gasteiger partial charge on any atom is 0.232 e. The van der Waals surface area contributed by atoms with Crippen LogP contribution in [0.25, 0.3) is 0 Å². The normalized spacial score (nSPS) is 11.8. The molecule has 1 atom stereocenters. The molecule has 0 fully saturated rings. The number of carbonyl (C=O) groups excluding carboxylic acids is 1. The molecule has 0 aliphatic rings. The molecule has 0 saturated carbocycles. The lowest BCUT2D eigenvalue weighted by Gasteiger charge is -2.18. The highest BCUT2D eigenvalue weighted by molar-refractivity contribution is 5.97. The van der Waals surface area contributed by atoms with Gasteiger partial charge < -0.3 is 10.1 Å². The van der Waals surface area contributed by atoms with Crippen molar-refractivity contribution in [3.8, 4) is 5.75 Å². The fraction of sp³-hybridized carbons (Fsp3) is 0.316.